The Balaban J connectivity index is 1.67. The van der Waals surface area contributed by atoms with Crippen molar-refractivity contribution in [3.05, 3.63) is 16.1 Å². The zero-order chi connectivity index (χ0) is 11.8. The zero-order valence-electron chi connectivity index (χ0n) is 10.4. The first-order chi connectivity index (χ1) is 8.26. The highest BCUT2D eigenvalue weighted by Crippen LogP contribution is 2.49. The van der Waals surface area contributed by atoms with E-state index in [9.17, 15) is 0 Å². The highest BCUT2D eigenvalue weighted by molar-refractivity contribution is 7.09. The Hall–Kier alpha value is -0.450. The van der Waals surface area contributed by atoms with E-state index in [0.29, 0.717) is 6.04 Å². The van der Waals surface area contributed by atoms with Crippen molar-refractivity contribution in [2.24, 2.45) is 23.6 Å². The van der Waals surface area contributed by atoms with Crippen molar-refractivity contribution in [3.63, 3.8) is 0 Å². The van der Waals surface area contributed by atoms with E-state index in [1.807, 2.05) is 0 Å². The van der Waals surface area contributed by atoms with Crippen molar-refractivity contribution < 1.29 is 0 Å². The maximum Gasteiger partial charge on any atom is 0.0944 e. The number of aryl methyl sites for hydroxylation is 1. The van der Waals surface area contributed by atoms with Gasteiger partial charge in [-0.1, -0.05) is 6.42 Å². The quantitative estimate of drug-likeness (QED) is 0.637. The number of nitrogens with one attached hydrogen (secondary N) is 1. The van der Waals surface area contributed by atoms with Gasteiger partial charge in [0.05, 0.1) is 5.01 Å². The van der Waals surface area contributed by atoms with Crippen molar-refractivity contribution in [2.45, 2.75) is 45.1 Å². The molecule has 2 aliphatic rings. The van der Waals surface area contributed by atoms with Gasteiger partial charge in [-0.3, -0.25) is 11.3 Å². The summed E-state index contributed by atoms with van der Waals surface area (Å²) in [5, 5.41) is 3.36. The van der Waals surface area contributed by atoms with Crippen molar-refractivity contribution in [1.82, 2.24) is 10.4 Å². The SMILES string of the molecule is Cc1csc(CC(NN)C2CC3CCC2C3)n1. The molecule has 4 unspecified atom stereocenters. The van der Waals surface area contributed by atoms with Gasteiger partial charge >= 0.3 is 0 Å². The monoisotopic (exact) mass is 251 g/mol. The highest BCUT2D eigenvalue weighted by Gasteiger charge is 2.42. The molecule has 0 aliphatic heterocycles. The number of rotatable bonds is 4. The molecular formula is C13H21N3S. The highest BCUT2D eigenvalue weighted by atomic mass is 32.1. The number of hydrogen-bond acceptors (Lipinski definition) is 4. The van der Waals surface area contributed by atoms with E-state index in [1.54, 1.807) is 11.3 Å². The lowest BCUT2D eigenvalue weighted by Crippen LogP contribution is -2.44. The van der Waals surface area contributed by atoms with E-state index in [0.717, 1.165) is 29.9 Å². The van der Waals surface area contributed by atoms with Gasteiger partial charge in [0, 0.05) is 23.5 Å². The molecular weight excluding hydrogens is 230 g/mol. The molecule has 2 bridgehead atoms. The number of hydrogen-bond donors (Lipinski definition) is 2. The van der Waals surface area contributed by atoms with E-state index < -0.39 is 0 Å². The Labute approximate surface area is 107 Å². The van der Waals surface area contributed by atoms with E-state index in [4.69, 9.17) is 5.84 Å². The fraction of sp³-hybridized carbons (Fsp3) is 0.769. The van der Waals surface area contributed by atoms with Gasteiger partial charge in [-0.25, -0.2) is 4.98 Å². The van der Waals surface area contributed by atoms with Gasteiger partial charge < -0.3 is 0 Å². The second-order valence-corrected chi connectivity index (χ2v) is 6.64. The molecule has 2 saturated carbocycles. The molecule has 4 heteroatoms. The fourth-order valence-corrected chi connectivity index (χ4v) is 4.64. The maximum absolute atomic E-state index is 5.77. The molecule has 2 fully saturated rings. The van der Waals surface area contributed by atoms with E-state index >= 15 is 0 Å². The predicted molar refractivity (Wildman–Crippen MR) is 70.6 cm³/mol. The second kappa shape index (κ2) is 4.67. The Kier molecular flexibility index (Phi) is 3.19. The van der Waals surface area contributed by atoms with Gasteiger partial charge in [-0.15, -0.1) is 11.3 Å². The van der Waals surface area contributed by atoms with Crippen molar-refractivity contribution in [2.75, 3.05) is 0 Å². The summed E-state index contributed by atoms with van der Waals surface area (Å²) in [4.78, 5) is 4.55. The third-order valence-corrected chi connectivity index (χ3v) is 5.57. The Bertz CT molecular complexity index is 390. The summed E-state index contributed by atoms with van der Waals surface area (Å²) in [7, 11) is 0. The largest absolute Gasteiger partial charge is 0.271 e. The van der Waals surface area contributed by atoms with Gasteiger partial charge in [0.2, 0.25) is 0 Å². The van der Waals surface area contributed by atoms with Crippen LogP contribution >= 0.6 is 11.3 Å². The summed E-state index contributed by atoms with van der Waals surface area (Å²) in [5.74, 6) is 8.45. The van der Waals surface area contributed by atoms with Crippen LogP contribution in [0.1, 0.15) is 36.4 Å². The smallest absolute Gasteiger partial charge is 0.0944 e. The summed E-state index contributed by atoms with van der Waals surface area (Å²) in [6.07, 6.45) is 6.70. The second-order valence-electron chi connectivity index (χ2n) is 5.70. The Morgan fingerprint density at radius 2 is 2.41 bits per heavy atom. The molecule has 0 spiro atoms. The molecule has 3 N–H and O–H groups in total. The normalized spacial score (nSPS) is 33.2. The molecule has 3 rings (SSSR count). The predicted octanol–water partition coefficient (Wildman–Crippen LogP) is 2.26. The third-order valence-electron chi connectivity index (χ3n) is 4.58. The van der Waals surface area contributed by atoms with Crippen LogP contribution in [-0.4, -0.2) is 11.0 Å². The van der Waals surface area contributed by atoms with Crippen LogP contribution in [0, 0.1) is 24.7 Å². The zero-order valence-corrected chi connectivity index (χ0v) is 11.2. The molecule has 1 aromatic heterocycles. The first-order valence-corrected chi connectivity index (χ1v) is 7.51. The van der Waals surface area contributed by atoms with Gasteiger partial charge in [0.25, 0.3) is 0 Å². The molecule has 1 heterocycles. The van der Waals surface area contributed by atoms with Crippen LogP contribution in [-0.2, 0) is 6.42 Å². The average Bonchev–Trinajstić information content (AvgIpc) is 3.01. The topological polar surface area (TPSA) is 50.9 Å². The summed E-state index contributed by atoms with van der Waals surface area (Å²) in [5.41, 5.74) is 4.19. The summed E-state index contributed by atoms with van der Waals surface area (Å²) < 4.78 is 0. The minimum absolute atomic E-state index is 0.427. The van der Waals surface area contributed by atoms with Crippen LogP contribution < -0.4 is 11.3 Å². The van der Waals surface area contributed by atoms with Crippen molar-refractivity contribution >= 4 is 11.3 Å². The van der Waals surface area contributed by atoms with Gasteiger partial charge in [-0.2, -0.15) is 0 Å². The number of nitrogens with zero attached hydrogens (tertiary/aromatic N) is 1. The van der Waals surface area contributed by atoms with Crippen LogP contribution in [0.15, 0.2) is 5.38 Å². The minimum atomic E-state index is 0.427. The lowest BCUT2D eigenvalue weighted by atomic mass is 9.82. The number of hydrazine groups is 1. The standard InChI is InChI=1S/C13H21N3S/c1-8-7-17-13(15-8)6-12(16-14)11-5-9-2-3-10(11)4-9/h7,9-12,16H,2-6,14H2,1H3. The molecule has 4 atom stereocenters. The molecule has 17 heavy (non-hydrogen) atoms. The van der Waals surface area contributed by atoms with Crippen molar-refractivity contribution in [3.8, 4) is 0 Å². The number of fused-ring (bicyclic) bond motifs is 2. The fourth-order valence-electron chi connectivity index (χ4n) is 3.81. The number of nitrogens with two attached hydrogens (primary N) is 1. The van der Waals surface area contributed by atoms with Crippen LogP contribution in [0.4, 0.5) is 0 Å². The minimum Gasteiger partial charge on any atom is -0.271 e. The van der Waals surface area contributed by atoms with Crippen LogP contribution in [0.2, 0.25) is 0 Å². The van der Waals surface area contributed by atoms with E-state index in [-0.39, 0.29) is 0 Å². The summed E-state index contributed by atoms with van der Waals surface area (Å²) in [6.45, 7) is 2.06. The summed E-state index contributed by atoms with van der Waals surface area (Å²) in [6, 6.07) is 0.427. The maximum atomic E-state index is 5.77. The molecule has 0 amide bonds. The third kappa shape index (κ3) is 2.26. The number of aromatic nitrogens is 1. The van der Waals surface area contributed by atoms with Crippen LogP contribution in [0.5, 0.6) is 0 Å². The Morgan fingerprint density at radius 3 is 2.94 bits per heavy atom. The molecule has 0 saturated heterocycles. The van der Waals surface area contributed by atoms with Crippen LogP contribution in [0.3, 0.4) is 0 Å². The molecule has 2 aliphatic carbocycles. The molecule has 3 nitrogen and oxygen atoms in total. The van der Waals surface area contributed by atoms with E-state index in [1.165, 1.54) is 30.7 Å². The lowest BCUT2D eigenvalue weighted by molar-refractivity contribution is 0.248. The van der Waals surface area contributed by atoms with Crippen molar-refractivity contribution in [1.29, 1.82) is 0 Å². The van der Waals surface area contributed by atoms with Gasteiger partial charge in [-0.05, 0) is 43.9 Å². The van der Waals surface area contributed by atoms with Gasteiger partial charge in [0.1, 0.15) is 0 Å². The van der Waals surface area contributed by atoms with Gasteiger partial charge in [0.15, 0.2) is 0 Å². The molecule has 0 radical (unpaired) electrons. The van der Waals surface area contributed by atoms with Crippen LogP contribution in [0.25, 0.3) is 0 Å². The van der Waals surface area contributed by atoms with E-state index in [2.05, 4.69) is 22.7 Å². The first kappa shape index (κ1) is 11.6. The summed E-state index contributed by atoms with van der Waals surface area (Å²) >= 11 is 1.77. The lowest BCUT2D eigenvalue weighted by Gasteiger charge is -2.29. The molecule has 0 aromatic carbocycles. The number of thiazole rings is 1. The first-order valence-electron chi connectivity index (χ1n) is 6.63. The average molecular weight is 251 g/mol. The Morgan fingerprint density at radius 1 is 1.53 bits per heavy atom. The molecule has 94 valence electrons. The molecule has 1 aromatic rings.